The van der Waals surface area contributed by atoms with Crippen molar-refractivity contribution in [1.82, 2.24) is 0 Å². The van der Waals surface area contributed by atoms with E-state index in [0.717, 1.165) is 5.56 Å². The molecule has 0 aliphatic carbocycles. The van der Waals surface area contributed by atoms with E-state index in [9.17, 15) is 18.0 Å². The van der Waals surface area contributed by atoms with Crippen molar-refractivity contribution < 1.29 is 22.7 Å². The summed E-state index contributed by atoms with van der Waals surface area (Å²) >= 11 is 0. The van der Waals surface area contributed by atoms with Crippen molar-refractivity contribution in [2.75, 3.05) is 5.73 Å². The normalized spacial score (nSPS) is 13.6. The Balaban J connectivity index is 2.03. The van der Waals surface area contributed by atoms with Crippen LogP contribution in [0.5, 0.6) is 0 Å². The number of nitrogens with two attached hydrogens (primary N) is 3. The molecule has 9 heteroatoms. The first kappa shape index (κ1) is 19.6. The maximum atomic E-state index is 12.3. The Bertz CT molecular complexity index is 882. The Morgan fingerprint density at radius 2 is 1.50 bits per heavy atom. The van der Waals surface area contributed by atoms with Gasteiger partial charge in [-0.15, -0.1) is 0 Å². The summed E-state index contributed by atoms with van der Waals surface area (Å²) in [5, 5.41) is -2.06. The molecule has 2 atom stereocenters. The molecule has 0 heterocycles. The van der Waals surface area contributed by atoms with E-state index >= 15 is 0 Å². The fourth-order valence-corrected chi connectivity index (χ4v) is 3.23. The van der Waals surface area contributed by atoms with Gasteiger partial charge in [-0.3, -0.25) is 0 Å². The van der Waals surface area contributed by atoms with Crippen LogP contribution in [0.3, 0.4) is 0 Å². The molecule has 1 unspecified atom stereocenters. The van der Waals surface area contributed by atoms with Gasteiger partial charge in [0.15, 0.2) is 0 Å². The second kappa shape index (κ2) is 8.09. The summed E-state index contributed by atoms with van der Waals surface area (Å²) in [5.41, 5.74) is 17.8. The number of ether oxygens (including phenoxy) is 1. The molecule has 0 fully saturated rings. The molecule has 0 bridgehead atoms. The van der Waals surface area contributed by atoms with E-state index in [0.29, 0.717) is 5.69 Å². The molecule has 2 aromatic rings. The van der Waals surface area contributed by atoms with Gasteiger partial charge in [0.1, 0.15) is 6.04 Å². The van der Waals surface area contributed by atoms with E-state index in [1.807, 2.05) is 0 Å². The van der Waals surface area contributed by atoms with Gasteiger partial charge in [0.2, 0.25) is 15.2 Å². The number of anilines is 1. The largest absolute Gasteiger partial charge is 0.399 e. The number of rotatable bonds is 6. The van der Waals surface area contributed by atoms with Crippen LogP contribution in [0.25, 0.3) is 0 Å². The van der Waals surface area contributed by atoms with Gasteiger partial charge in [0.05, 0.1) is 4.90 Å². The van der Waals surface area contributed by atoms with Crippen molar-refractivity contribution in [3.63, 3.8) is 0 Å². The number of hydrogen-bond acceptors (Lipinski definition) is 8. The van der Waals surface area contributed by atoms with E-state index < -0.39 is 33.2 Å². The SMILES string of the molecule is Nc1ccc(S(=O)(=O)C(N)C(=O)OC(=O)[C@@H](N)Cc2ccccc2)cc1. The third-order valence-corrected chi connectivity index (χ3v) is 5.37. The van der Waals surface area contributed by atoms with Crippen LogP contribution in [0, 0.1) is 0 Å². The average molecular weight is 377 g/mol. The molecule has 0 spiro atoms. The summed E-state index contributed by atoms with van der Waals surface area (Å²) in [5.74, 6) is -2.45. The highest BCUT2D eigenvalue weighted by Gasteiger charge is 2.34. The smallest absolute Gasteiger partial charge is 0.346 e. The highest BCUT2D eigenvalue weighted by molar-refractivity contribution is 7.92. The topological polar surface area (TPSA) is 156 Å². The lowest BCUT2D eigenvalue weighted by atomic mass is 10.1. The second-order valence-corrected chi connectivity index (χ2v) is 7.64. The van der Waals surface area contributed by atoms with E-state index in [-0.39, 0.29) is 11.3 Å². The van der Waals surface area contributed by atoms with E-state index in [1.54, 1.807) is 30.3 Å². The minimum absolute atomic E-state index is 0.132. The molecule has 26 heavy (non-hydrogen) atoms. The molecule has 0 amide bonds. The van der Waals surface area contributed by atoms with Gasteiger partial charge in [-0.25, -0.2) is 18.0 Å². The standard InChI is InChI=1S/C17H19N3O5S/c18-12-6-8-13(9-7-12)26(23,24)15(20)17(22)25-16(21)14(19)10-11-4-2-1-3-5-11/h1-9,14-15H,10,18-20H2/t14-,15?/m0/s1. The summed E-state index contributed by atoms with van der Waals surface area (Å²) in [6, 6.07) is 12.9. The lowest BCUT2D eigenvalue weighted by Crippen LogP contribution is -2.44. The first-order chi connectivity index (χ1) is 12.2. The van der Waals surface area contributed by atoms with Crippen molar-refractivity contribution in [3.05, 3.63) is 60.2 Å². The zero-order chi connectivity index (χ0) is 19.3. The molecule has 8 nitrogen and oxygen atoms in total. The Hall–Kier alpha value is -2.75. The van der Waals surface area contributed by atoms with Crippen LogP contribution >= 0.6 is 0 Å². The third kappa shape index (κ3) is 4.66. The van der Waals surface area contributed by atoms with Gasteiger partial charge in [0, 0.05) is 5.69 Å². The van der Waals surface area contributed by atoms with Crippen LogP contribution in [0.2, 0.25) is 0 Å². The lowest BCUT2D eigenvalue weighted by molar-refractivity contribution is -0.160. The zero-order valence-electron chi connectivity index (χ0n) is 13.7. The van der Waals surface area contributed by atoms with Gasteiger partial charge in [-0.1, -0.05) is 30.3 Å². The highest BCUT2D eigenvalue weighted by atomic mass is 32.2. The number of carbonyl (C=O) groups is 2. The molecule has 0 radical (unpaired) electrons. The fourth-order valence-electron chi connectivity index (χ4n) is 2.12. The van der Waals surface area contributed by atoms with Crippen LogP contribution in [-0.2, 0) is 30.6 Å². The Morgan fingerprint density at radius 1 is 0.923 bits per heavy atom. The van der Waals surface area contributed by atoms with Gasteiger partial charge >= 0.3 is 11.9 Å². The summed E-state index contributed by atoms with van der Waals surface area (Å²) in [4.78, 5) is 23.7. The van der Waals surface area contributed by atoms with Crippen LogP contribution in [-0.4, -0.2) is 31.8 Å². The average Bonchev–Trinajstić information content (AvgIpc) is 2.62. The molecular formula is C17H19N3O5S. The maximum Gasteiger partial charge on any atom is 0.346 e. The van der Waals surface area contributed by atoms with Crippen LogP contribution in [0.1, 0.15) is 5.56 Å². The monoisotopic (exact) mass is 377 g/mol. The molecule has 0 aliphatic rings. The van der Waals surface area contributed by atoms with Crippen molar-refractivity contribution >= 4 is 27.5 Å². The van der Waals surface area contributed by atoms with E-state index in [4.69, 9.17) is 17.2 Å². The number of esters is 2. The molecule has 0 saturated heterocycles. The first-order valence-electron chi connectivity index (χ1n) is 7.62. The number of sulfone groups is 1. The Labute approximate surface area is 150 Å². The van der Waals surface area contributed by atoms with Gasteiger partial charge in [-0.05, 0) is 36.2 Å². The molecule has 138 valence electrons. The minimum atomic E-state index is -4.23. The lowest BCUT2D eigenvalue weighted by Gasteiger charge is -2.14. The van der Waals surface area contributed by atoms with Crippen molar-refractivity contribution in [1.29, 1.82) is 0 Å². The van der Waals surface area contributed by atoms with Gasteiger partial charge in [0.25, 0.3) is 0 Å². The molecule has 6 N–H and O–H groups in total. The number of carbonyl (C=O) groups excluding carboxylic acids is 2. The van der Waals surface area contributed by atoms with E-state index in [1.165, 1.54) is 24.3 Å². The first-order valence-corrected chi connectivity index (χ1v) is 9.16. The molecular weight excluding hydrogens is 358 g/mol. The highest BCUT2D eigenvalue weighted by Crippen LogP contribution is 2.16. The third-order valence-electron chi connectivity index (χ3n) is 3.58. The fraction of sp³-hybridized carbons (Fsp3) is 0.176. The van der Waals surface area contributed by atoms with Gasteiger partial charge in [-0.2, -0.15) is 0 Å². The predicted molar refractivity (Wildman–Crippen MR) is 95.2 cm³/mol. The zero-order valence-corrected chi connectivity index (χ0v) is 14.6. The van der Waals surface area contributed by atoms with Crippen LogP contribution in [0.15, 0.2) is 59.5 Å². The van der Waals surface area contributed by atoms with Crippen molar-refractivity contribution in [2.45, 2.75) is 22.7 Å². The molecule has 2 aromatic carbocycles. The molecule has 0 aromatic heterocycles. The molecule has 0 aliphatic heterocycles. The summed E-state index contributed by atoms with van der Waals surface area (Å²) in [6.45, 7) is 0. The number of benzene rings is 2. The summed E-state index contributed by atoms with van der Waals surface area (Å²) in [7, 11) is -4.23. The van der Waals surface area contributed by atoms with E-state index in [2.05, 4.69) is 4.74 Å². The second-order valence-electron chi connectivity index (χ2n) is 5.57. The maximum absolute atomic E-state index is 12.3. The molecule has 2 rings (SSSR count). The Morgan fingerprint density at radius 3 is 2.08 bits per heavy atom. The molecule has 0 saturated carbocycles. The summed E-state index contributed by atoms with van der Waals surface area (Å²) < 4.78 is 29.2. The predicted octanol–water partition coefficient (Wildman–Crippen LogP) is -0.0329. The van der Waals surface area contributed by atoms with Crippen LogP contribution in [0.4, 0.5) is 5.69 Å². The van der Waals surface area contributed by atoms with Gasteiger partial charge < -0.3 is 21.9 Å². The Kier molecular flexibility index (Phi) is 6.09. The number of nitrogen functional groups attached to an aromatic ring is 1. The van der Waals surface area contributed by atoms with Crippen LogP contribution < -0.4 is 17.2 Å². The summed E-state index contributed by atoms with van der Waals surface area (Å²) in [6.07, 6.45) is 0.132. The quantitative estimate of drug-likeness (QED) is 0.360. The minimum Gasteiger partial charge on any atom is -0.399 e. The van der Waals surface area contributed by atoms with Crippen molar-refractivity contribution in [2.24, 2.45) is 11.5 Å². The van der Waals surface area contributed by atoms with Crippen molar-refractivity contribution in [3.8, 4) is 0 Å². The number of hydrogen-bond donors (Lipinski definition) is 3.